The van der Waals surface area contributed by atoms with E-state index in [0.29, 0.717) is 17.2 Å². The fourth-order valence-corrected chi connectivity index (χ4v) is 2.75. The zero-order chi connectivity index (χ0) is 17.9. The topological polar surface area (TPSA) is 69.2 Å². The van der Waals surface area contributed by atoms with Gasteiger partial charge in [0.2, 0.25) is 5.89 Å². The molecule has 5 nitrogen and oxygen atoms in total. The zero-order valence-electron chi connectivity index (χ0n) is 13.7. The van der Waals surface area contributed by atoms with Gasteiger partial charge in [0.1, 0.15) is 5.69 Å². The molecule has 126 valence electrons. The summed E-state index contributed by atoms with van der Waals surface area (Å²) in [7, 11) is 0. The van der Waals surface area contributed by atoms with Crippen LogP contribution < -0.4 is 0 Å². The summed E-state index contributed by atoms with van der Waals surface area (Å²) in [4.78, 5) is 15.1. The molecule has 0 saturated heterocycles. The number of nitrogens with zero attached hydrogens (tertiary/aromatic N) is 2. The van der Waals surface area contributed by atoms with Crippen molar-refractivity contribution in [1.29, 1.82) is 0 Å². The van der Waals surface area contributed by atoms with Gasteiger partial charge in [-0.15, -0.1) is 0 Å². The third kappa shape index (κ3) is 2.98. The molecule has 0 fully saturated rings. The molecule has 0 radical (unpaired) electrons. The van der Waals surface area contributed by atoms with Gasteiger partial charge in [-0.1, -0.05) is 60.7 Å². The number of hydrogen-bond acceptors (Lipinski definition) is 4. The average Bonchev–Trinajstić information content (AvgIpc) is 3.15. The molecule has 0 spiro atoms. The molecular formula is C21H14N2O3. The van der Waals surface area contributed by atoms with E-state index in [1.807, 2.05) is 60.7 Å². The lowest BCUT2D eigenvalue weighted by Gasteiger charge is -2.00. The number of oxazole rings is 1. The second-order valence-electron chi connectivity index (χ2n) is 5.73. The Balaban J connectivity index is 1.85. The lowest BCUT2D eigenvalue weighted by atomic mass is 10.1. The first-order valence-electron chi connectivity index (χ1n) is 8.09. The predicted octanol–water partition coefficient (Wildman–Crippen LogP) is 5.58. The highest BCUT2D eigenvalue weighted by atomic mass is 16.6. The average molecular weight is 342 g/mol. The van der Waals surface area contributed by atoms with Crippen LogP contribution in [0.5, 0.6) is 0 Å². The molecule has 0 aliphatic rings. The number of nitro benzene ring substituents is 1. The zero-order valence-corrected chi connectivity index (χ0v) is 13.7. The molecule has 0 aliphatic carbocycles. The highest BCUT2D eigenvalue weighted by molar-refractivity contribution is 5.79. The highest BCUT2D eigenvalue weighted by Gasteiger charge is 2.18. The molecule has 3 aromatic carbocycles. The van der Waals surface area contributed by atoms with Gasteiger partial charge in [0.05, 0.1) is 4.92 Å². The standard InChI is InChI=1S/C21H14N2O3/c24-23(25)18-13-11-17(12-14-18)21-22-19(15-7-3-1-4-8-15)20(26-21)16-9-5-2-6-10-16/h1-14H. The maximum absolute atomic E-state index is 10.8. The maximum Gasteiger partial charge on any atom is 0.269 e. The summed E-state index contributed by atoms with van der Waals surface area (Å²) in [6, 6.07) is 25.7. The van der Waals surface area contributed by atoms with E-state index in [1.165, 1.54) is 12.1 Å². The van der Waals surface area contributed by atoms with Gasteiger partial charge in [0.25, 0.3) is 5.69 Å². The van der Waals surface area contributed by atoms with Crippen LogP contribution in [0.25, 0.3) is 34.0 Å². The van der Waals surface area contributed by atoms with Crippen molar-refractivity contribution in [2.75, 3.05) is 0 Å². The Labute approximate surface area is 149 Å². The summed E-state index contributed by atoms with van der Waals surface area (Å²) >= 11 is 0. The summed E-state index contributed by atoms with van der Waals surface area (Å²) in [6.07, 6.45) is 0. The van der Waals surface area contributed by atoms with Gasteiger partial charge >= 0.3 is 0 Å². The maximum atomic E-state index is 10.8. The minimum absolute atomic E-state index is 0.0341. The quantitative estimate of drug-likeness (QED) is 0.358. The van der Waals surface area contributed by atoms with Gasteiger partial charge in [0.15, 0.2) is 5.76 Å². The summed E-state index contributed by atoms with van der Waals surface area (Å²) in [5, 5.41) is 10.8. The smallest absolute Gasteiger partial charge is 0.269 e. The van der Waals surface area contributed by atoms with Crippen LogP contribution in [0.2, 0.25) is 0 Å². The lowest BCUT2D eigenvalue weighted by Crippen LogP contribution is -1.87. The van der Waals surface area contributed by atoms with E-state index in [0.717, 1.165) is 16.8 Å². The molecule has 0 N–H and O–H groups in total. The summed E-state index contributed by atoms with van der Waals surface area (Å²) < 4.78 is 6.06. The molecule has 26 heavy (non-hydrogen) atoms. The van der Waals surface area contributed by atoms with Gasteiger partial charge in [-0.25, -0.2) is 4.98 Å². The van der Waals surface area contributed by atoms with Crippen LogP contribution in [0, 0.1) is 10.1 Å². The van der Waals surface area contributed by atoms with Crippen molar-refractivity contribution in [2.45, 2.75) is 0 Å². The van der Waals surface area contributed by atoms with Gasteiger partial charge in [-0.2, -0.15) is 0 Å². The first-order valence-corrected chi connectivity index (χ1v) is 8.09. The van der Waals surface area contributed by atoms with Crippen molar-refractivity contribution < 1.29 is 9.34 Å². The third-order valence-electron chi connectivity index (χ3n) is 4.04. The molecule has 0 unspecified atom stereocenters. The second kappa shape index (κ2) is 6.64. The Kier molecular flexibility index (Phi) is 4.03. The van der Waals surface area contributed by atoms with Crippen LogP contribution in [0.1, 0.15) is 0 Å². The number of hydrogen-bond donors (Lipinski definition) is 0. The first-order chi connectivity index (χ1) is 12.7. The molecule has 1 aromatic heterocycles. The SMILES string of the molecule is O=[N+]([O-])c1ccc(-c2nc(-c3ccccc3)c(-c3ccccc3)o2)cc1. The van der Waals surface area contributed by atoms with Gasteiger partial charge in [0, 0.05) is 28.8 Å². The number of benzene rings is 3. The monoisotopic (exact) mass is 342 g/mol. The Morgan fingerprint density at radius 3 is 1.88 bits per heavy atom. The van der Waals surface area contributed by atoms with Gasteiger partial charge < -0.3 is 4.42 Å². The summed E-state index contributed by atoms with van der Waals surface area (Å²) in [5.74, 6) is 1.10. The molecule has 4 aromatic rings. The molecule has 1 heterocycles. The molecule has 0 aliphatic heterocycles. The van der Waals surface area contributed by atoms with E-state index < -0.39 is 4.92 Å². The molecule has 0 bridgehead atoms. The minimum atomic E-state index is -0.426. The largest absolute Gasteiger partial charge is 0.435 e. The van der Waals surface area contributed by atoms with Crippen molar-refractivity contribution in [3.05, 3.63) is 95.0 Å². The van der Waals surface area contributed by atoms with Crippen molar-refractivity contribution in [1.82, 2.24) is 4.98 Å². The van der Waals surface area contributed by atoms with Gasteiger partial charge in [-0.3, -0.25) is 10.1 Å². The van der Waals surface area contributed by atoms with E-state index >= 15 is 0 Å². The number of rotatable bonds is 4. The van der Waals surface area contributed by atoms with Crippen LogP contribution in [0.15, 0.2) is 89.3 Å². The van der Waals surface area contributed by atoms with Crippen LogP contribution in [0.3, 0.4) is 0 Å². The first kappa shape index (κ1) is 15.8. The molecule has 5 heteroatoms. The Bertz CT molecular complexity index is 983. The van der Waals surface area contributed by atoms with Crippen LogP contribution in [-0.2, 0) is 0 Å². The molecule has 4 rings (SSSR count). The second-order valence-corrected chi connectivity index (χ2v) is 5.73. The molecule has 0 saturated carbocycles. The Hall–Kier alpha value is -3.73. The van der Waals surface area contributed by atoms with E-state index in [9.17, 15) is 10.1 Å². The number of non-ortho nitro benzene ring substituents is 1. The third-order valence-corrected chi connectivity index (χ3v) is 4.04. The highest BCUT2D eigenvalue weighted by Crippen LogP contribution is 2.36. The van der Waals surface area contributed by atoms with Crippen molar-refractivity contribution >= 4 is 5.69 Å². The molecule has 0 atom stereocenters. The normalized spacial score (nSPS) is 10.6. The van der Waals surface area contributed by atoms with E-state index in [1.54, 1.807) is 12.1 Å². The lowest BCUT2D eigenvalue weighted by molar-refractivity contribution is -0.384. The van der Waals surface area contributed by atoms with Crippen LogP contribution in [-0.4, -0.2) is 9.91 Å². The van der Waals surface area contributed by atoms with E-state index in [-0.39, 0.29) is 5.69 Å². The summed E-state index contributed by atoms with van der Waals surface area (Å²) in [5.41, 5.74) is 3.34. The Morgan fingerprint density at radius 2 is 1.31 bits per heavy atom. The van der Waals surface area contributed by atoms with Crippen molar-refractivity contribution in [3.63, 3.8) is 0 Å². The Morgan fingerprint density at radius 1 is 0.731 bits per heavy atom. The number of nitro groups is 1. The molecular weight excluding hydrogens is 328 g/mol. The number of aromatic nitrogens is 1. The fraction of sp³-hybridized carbons (Fsp3) is 0. The van der Waals surface area contributed by atoms with Crippen LogP contribution >= 0.6 is 0 Å². The van der Waals surface area contributed by atoms with Crippen molar-refractivity contribution in [3.8, 4) is 34.0 Å². The summed E-state index contributed by atoms with van der Waals surface area (Å²) in [6.45, 7) is 0. The predicted molar refractivity (Wildman–Crippen MR) is 99.5 cm³/mol. The van der Waals surface area contributed by atoms with Gasteiger partial charge in [-0.05, 0) is 12.1 Å². The van der Waals surface area contributed by atoms with Crippen molar-refractivity contribution in [2.24, 2.45) is 0 Å². The minimum Gasteiger partial charge on any atom is -0.435 e. The van der Waals surface area contributed by atoms with Crippen LogP contribution in [0.4, 0.5) is 5.69 Å². The van der Waals surface area contributed by atoms with E-state index in [2.05, 4.69) is 4.98 Å². The fourth-order valence-electron chi connectivity index (χ4n) is 2.75. The molecule has 0 amide bonds. The van der Waals surface area contributed by atoms with E-state index in [4.69, 9.17) is 4.42 Å².